The number of carbonyl (C=O) groups excluding carboxylic acids is 1. The van der Waals surface area contributed by atoms with E-state index in [0.29, 0.717) is 17.4 Å². The minimum Gasteiger partial charge on any atom is -0.353 e. The van der Waals surface area contributed by atoms with Crippen LogP contribution in [0.15, 0.2) is 18.2 Å². The number of nitro groups is 1. The Hall–Kier alpha value is -1.81. The van der Waals surface area contributed by atoms with Crippen LogP contribution in [0, 0.1) is 17.0 Å². The van der Waals surface area contributed by atoms with Gasteiger partial charge in [-0.3, -0.25) is 19.2 Å². The zero-order valence-corrected chi connectivity index (χ0v) is 18.7. The average Bonchev–Trinajstić information content (AvgIpc) is 3.16. The van der Waals surface area contributed by atoms with Gasteiger partial charge in [-0.15, -0.1) is 0 Å². The summed E-state index contributed by atoms with van der Waals surface area (Å²) in [6.07, 6.45) is 6.20. The first-order chi connectivity index (χ1) is 13.6. The third kappa shape index (κ3) is 6.33. The van der Waals surface area contributed by atoms with Crippen molar-refractivity contribution in [2.24, 2.45) is 0 Å². The molecule has 8 nitrogen and oxygen atoms in total. The number of rotatable bonds is 10. The molecule has 1 fully saturated rings. The van der Waals surface area contributed by atoms with Crippen molar-refractivity contribution in [3.05, 3.63) is 33.9 Å². The summed E-state index contributed by atoms with van der Waals surface area (Å²) >= 11 is 1.84. The minimum absolute atomic E-state index is 0.157. The maximum atomic E-state index is 12.8. The van der Waals surface area contributed by atoms with Gasteiger partial charge in [0.2, 0.25) is 15.9 Å². The van der Waals surface area contributed by atoms with Crippen molar-refractivity contribution in [3.63, 3.8) is 0 Å². The van der Waals surface area contributed by atoms with Gasteiger partial charge >= 0.3 is 0 Å². The molecule has 1 aromatic rings. The number of hydrogen-bond acceptors (Lipinski definition) is 6. The van der Waals surface area contributed by atoms with Crippen molar-refractivity contribution >= 4 is 39.1 Å². The van der Waals surface area contributed by atoms with Crippen LogP contribution in [0.1, 0.15) is 44.6 Å². The molecule has 1 amide bonds. The predicted octanol–water partition coefficient (Wildman–Crippen LogP) is 3.24. The fraction of sp³-hybridized carbons (Fsp3) is 0.632. The second-order valence-corrected chi connectivity index (χ2v) is 10.5. The molecule has 162 valence electrons. The second kappa shape index (κ2) is 10.3. The van der Waals surface area contributed by atoms with Gasteiger partial charge in [-0.05, 0) is 31.7 Å². The number of carbonyl (C=O) groups is 1. The van der Waals surface area contributed by atoms with Gasteiger partial charge in [-0.1, -0.05) is 25.8 Å². The summed E-state index contributed by atoms with van der Waals surface area (Å²) in [7, 11) is -3.84. The van der Waals surface area contributed by atoms with E-state index < -0.39 is 26.9 Å². The largest absolute Gasteiger partial charge is 0.353 e. The maximum absolute atomic E-state index is 12.8. The molecule has 0 saturated heterocycles. The van der Waals surface area contributed by atoms with Crippen molar-refractivity contribution in [1.82, 2.24) is 5.32 Å². The molecule has 29 heavy (non-hydrogen) atoms. The van der Waals surface area contributed by atoms with Crippen molar-refractivity contribution in [2.75, 3.05) is 22.9 Å². The molecule has 0 spiro atoms. The molecular weight excluding hydrogens is 414 g/mol. The predicted molar refractivity (Wildman–Crippen MR) is 117 cm³/mol. The standard InChI is InChI=1S/C19H29N3O5S2/c1-4-17(19(23)20-11-12-28-16-7-5-6-8-16)21(29(3,26)27)18-13-15(22(24)25)10-9-14(18)2/h9-10,13,16-17H,4-8,11-12H2,1-3H3,(H,20,23)/t17-/m0/s1. The first-order valence-corrected chi connectivity index (χ1v) is 12.7. The van der Waals surface area contributed by atoms with Crippen LogP contribution in [0.25, 0.3) is 0 Å². The van der Waals surface area contributed by atoms with Crippen LogP contribution in [0.3, 0.4) is 0 Å². The highest BCUT2D eigenvalue weighted by Gasteiger charge is 2.33. The van der Waals surface area contributed by atoms with Gasteiger partial charge in [0.05, 0.1) is 16.9 Å². The number of hydrogen-bond donors (Lipinski definition) is 1. The van der Waals surface area contributed by atoms with E-state index in [1.807, 2.05) is 11.8 Å². The summed E-state index contributed by atoms with van der Waals surface area (Å²) in [5.74, 6) is 0.387. The van der Waals surface area contributed by atoms with Gasteiger partial charge in [0.1, 0.15) is 6.04 Å². The van der Waals surface area contributed by atoms with Crippen molar-refractivity contribution in [3.8, 4) is 0 Å². The van der Waals surface area contributed by atoms with Gasteiger partial charge in [0, 0.05) is 29.7 Å². The SMILES string of the molecule is CC[C@@H](C(=O)NCCSC1CCCC1)N(c1cc([N+](=O)[O-])ccc1C)S(C)(=O)=O. The lowest BCUT2D eigenvalue weighted by Crippen LogP contribution is -2.50. The lowest BCUT2D eigenvalue weighted by Gasteiger charge is -2.31. The zero-order chi connectivity index (χ0) is 21.6. The summed E-state index contributed by atoms with van der Waals surface area (Å²) in [5.41, 5.74) is 0.482. The number of benzene rings is 1. The average molecular weight is 444 g/mol. The normalized spacial score (nSPS) is 15.8. The quantitative estimate of drug-likeness (QED) is 0.338. The molecule has 1 N–H and O–H groups in total. The number of sulfonamides is 1. The number of thioether (sulfide) groups is 1. The Kier molecular flexibility index (Phi) is 8.33. The molecule has 1 saturated carbocycles. The molecule has 10 heteroatoms. The first kappa shape index (κ1) is 23.5. The van der Waals surface area contributed by atoms with E-state index in [1.54, 1.807) is 13.8 Å². The summed E-state index contributed by atoms with van der Waals surface area (Å²) in [5, 5.41) is 14.6. The zero-order valence-electron chi connectivity index (χ0n) is 17.1. The number of nitro benzene ring substituents is 1. The van der Waals surface area contributed by atoms with E-state index in [9.17, 15) is 23.3 Å². The Balaban J connectivity index is 2.17. The van der Waals surface area contributed by atoms with Crippen LogP contribution in [0.5, 0.6) is 0 Å². The highest BCUT2D eigenvalue weighted by atomic mass is 32.2. The first-order valence-electron chi connectivity index (χ1n) is 9.79. The van der Waals surface area contributed by atoms with E-state index in [2.05, 4.69) is 5.32 Å². The Bertz CT molecular complexity index is 838. The molecule has 1 aliphatic rings. The molecule has 1 aromatic carbocycles. The van der Waals surface area contributed by atoms with Crippen molar-refractivity contribution in [1.29, 1.82) is 0 Å². The van der Waals surface area contributed by atoms with Crippen LogP contribution in [0.4, 0.5) is 11.4 Å². The summed E-state index contributed by atoms with van der Waals surface area (Å²) in [6, 6.07) is 3.05. The molecule has 0 aromatic heterocycles. The van der Waals surface area contributed by atoms with Crippen molar-refractivity contribution < 1.29 is 18.1 Å². The van der Waals surface area contributed by atoms with E-state index in [4.69, 9.17) is 0 Å². The Morgan fingerprint density at radius 2 is 2.03 bits per heavy atom. The van der Waals surface area contributed by atoms with Crippen LogP contribution in [-0.4, -0.2) is 49.1 Å². The van der Waals surface area contributed by atoms with E-state index in [1.165, 1.54) is 43.9 Å². The molecule has 2 rings (SSSR count). The van der Waals surface area contributed by atoms with E-state index in [-0.39, 0.29) is 17.8 Å². The third-order valence-electron chi connectivity index (χ3n) is 5.03. The highest BCUT2D eigenvalue weighted by Crippen LogP contribution is 2.31. The number of nitrogens with zero attached hydrogens (tertiary/aromatic N) is 2. The van der Waals surface area contributed by atoms with Gasteiger partial charge in [0.15, 0.2) is 0 Å². The molecule has 0 unspecified atom stereocenters. The summed E-state index contributed by atoms with van der Waals surface area (Å²) < 4.78 is 26.1. The smallest absolute Gasteiger partial charge is 0.271 e. The monoisotopic (exact) mass is 443 g/mol. The van der Waals surface area contributed by atoms with Gasteiger partial charge in [-0.25, -0.2) is 8.42 Å². The summed E-state index contributed by atoms with van der Waals surface area (Å²) in [6.45, 7) is 3.85. The van der Waals surface area contributed by atoms with Crippen LogP contribution < -0.4 is 9.62 Å². The Morgan fingerprint density at radius 1 is 1.38 bits per heavy atom. The van der Waals surface area contributed by atoms with Crippen LogP contribution in [-0.2, 0) is 14.8 Å². The lowest BCUT2D eigenvalue weighted by molar-refractivity contribution is -0.384. The van der Waals surface area contributed by atoms with Crippen LogP contribution >= 0.6 is 11.8 Å². The van der Waals surface area contributed by atoms with Gasteiger partial charge in [-0.2, -0.15) is 11.8 Å². The summed E-state index contributed by atoms with van der Waals surface area (Å²) in [4.78, 5) is 23.4. The highest BCUT2D eigenvalue weighted by molar-refractivity contribution is 7.99. The number of nitrogens with one attached hydrogen (secondary N) is 1. The van der Waals surface area contributed by atoms with Crippen molar-refractivity contribution in [2.45, 2.75) is 57.2 Å². The number of anilines is 1. The lowest BCUT2D eigenvalue weighted by atomic mass is 10.1. The molecule has 0 bridgehead atoms. The molecule has 0 heterocycles. The molecular formula is C19H29N3O5S2. The molecule has 1 aliphatic carbocycles. The third-order valence-corrected chi connectivity index (χ3v) is 7.58. The maximum Gasteiger partial charge on any atom is 0.271 e. The fourth-order valence-electron chi connectivity index (χ4n) is 3.56. The Labute approximate surface area is 176 Å². The van der Waals surface area contributed by atoms with Gasteiger partial charge in [0.25, 0.3) is 5.69 Å². The number of amides is 1. The fourth-order valence-corrected chi connectivity index (χ4v) is 6.04. The number of non-ortho nitro benzene ring substituents is 1. The second-order valence-electron chi connectivity index (χ2n) is 7.28. The molecule has 0 aliphatic heterocycles. The topological polar surface area (TPSA) is 110 Å². The van der Waals surface area contributed by atoms with E-state index in [0.717, 1.165) is 16.3 Å². The van der Waals surface area contributed by atoms with Crippen LogP contribution in [0.2, 0.25) is 0 Å². The number of aryl methyl sites for hydroxylation is 1. The minimum atomic E-state index is -3.84. The molecule has 0 radical (unpaired) electrons. The van der Waals surface area contributed by atoms with E-state index >= 15 is 0 Å². The Morgan fingerprint density at radius 3 is 2.59 bits per heavy atom. The van der Waals surface area contributed by atoms with Gasteiger partial charge < -0.3 is 5.32 Å². The molecule has 1 atom stereocenters.